The number of morpholine rings is 1. The van der Waals surface area contributed by atoms with Crippen LogP contribution in [0.4, 0.5) is 0 Å². The summed E-state index contributed by atoms with van der Waals surface area (Å²) in [5.74, 6) is -0.00415. The number of fused-ring (bicyclic) bond motifs is 2. The lowest BCUT2D eigenvalue weighted by molar-refractivity contribution is -0.0390. The lowest BCUT2D eigenvalue weighted by atomic mass is 10.1. The molecule has 4 rings (SSSR count). The van der Waals surface area contributed by atoms with E-state index >= 15 is 0 Å². The molecule has 2 aromatic rings. The van der Waals surface area contributed by atoms with Crippen LogP contribution in [0.3, 0.4) is 0 Å². The number of carbonyl (C=O) groups is 1. The molecule has 3 atom stereocenters. The first-order valence-corrected chi connectivity index (χ1v) is 8.63. The first-order valence-electron chi connectivity index (χ1n) is 8.63. The predicted molar refractivity (Wildman–Crippen MR) is 93.1 cm³/mol. The number of carbonyl (C=O) groups excluding carboxylic acids is 1. The third-order valence-electron chi connectivity index (χ3n) is 5.02. The number of para-hydroxylation sites is 1. The van der Waals surface area contributed by atoms with Gasteiger partial charge in [-0.2, -0.15) is 0 Å². The fourth-order valence-corrected chi connectivity index (χ4v) is 3.90. The average Bonchev–Trinajstić information content (AvgIpc) is 2.95. The van der Waals surface area contributed by atoms with Gasteiger partial charge in [0.15, 0.2) is 0 Å². The molecule has 1 aromatic heterocycles. The second-order valence-corrected chi connectivity index (χ2v) is 6.99. The van der Waals surface area contributed by atoms with Crippen LogP contribution in [0.25, 0.3) is 10.9 Å². The zero-order valence-electron chi connectivity index (χ0n) is 14.2. The molecule has 2 aliphatic rings. The number of benzene rings is 1. The quantitative estimate of drug-likeness (QED) is 0.919. The molecule has 0 unspecified atom stereocenters. The zero-order chi connectivity index (χ0) is 16.7. The van der Waals surface area contributed by atoms with E-state index < -0.39 is 0 Å². The topological polar surface area (TPSA) is 54.5 Å². The number of pyridine rings is 1. The molecule has 24 heavy (non-hydrogen) atoms. The second kappa shape index (κ2) is 6.15. The Labute approximate surface area is 142 Å². The van der Waals surface area contributed by atoms with Crippen LogP contribution < -0.4 is 5.32 Å². The molecule has 0 aliphatic carbocycles. The van der Waals surface area contributed by atoms with Gasteiger partial charge in [0.05, 0.1) is 23.8 Å². The van der Waals surface area contributed by atoms with Gasteiger partial charge in [0.2, 0.25) is 0 Å². The molecule has 2 fully saturated rings. The molecule has 126 valence electrons. The summed E-state index contributed by atoms with van der Waals surface area (Å²) < 4.78 is 5.74. The number of nitrogens with zero attached hydrogens (tertiary/aromatic N) is 2. The van der Waals surface area contributed by atoms with E-state index in [-0.39, 0.29) is 18.1 Å². The van der Waals surface area contributed by atoms with Gasteiger partial charge in [0.1, 0.15) is 0 Å². The zero-order valence-corrected chi connectivity index (χ0v) is 14.2. The van der Waals surface area contributed by atoms with E-state index in [2.05, 4.69) is 22.1 Å². The van der Waals surface area contributed by atoms with E-state index in [1.165, 1.54) is 0 Å². The lowest BCUT2D eigenvalue weighted by Gasteiger charge is -2.33. The van der Waals surface area contributed by atoms with Crippen LogP contribution in [0.5, 0.6) is 0 Å². The number of ether oxygens (including phenoxy) is 1. The number of hydrogen-bond donors (Lipinski definition) is 1. The van der Waals surface area contributed by atoms with Crippen LogP contribution in [0.1, 0.15) is 29.4 Å². The minimum atomic E-state index is -0.00415. The number of rotatable bonds is 2. The van der Waals surface area contributed by atoms with Gasteiger partial charge in [-0.1, -0.05) is 18.2 Å². The van der Waals surface area contributed by atoms with Gasteiger partial charge in [-0.05, 0) is 32.4 Å². The Hall–Kier alpha value is -1.98. The summed E-state index contributed by atoms with van der Waals surface area (Å²) in [7, 11) is 0. The minimum Gasteiger partial charge on any atom is -0.376 e. The summed E-state index contributed by atoms with van der Waals surface area (Å²) in [5.41, 5.74) is 2.45. The van der Waals surface area contributed by atoms with E-state index in [0.29, 0.717) is 11.6 Å². The maximum atomic E-state index is 12.8. The minimum absolute atomic E-state index is 0.00415. The monoisotopic (exact) mass is 325 g/mol. The Kier molecular flexibility index (Phi) is 3.98. The number of nitrogens with one attached hydrogen (secondary N) is 1. The fourth-order valence-electron chi connectivity index (χ4n) is 3.90. The van der Waals surface area contributed by atoms with Gasteiger partial charge in [0, 0.05) is 36.3 Å². The third-order valence-corrected chi connectivity index (χ3v) is 5.02. The molecule has 5 nitrogen and oxygen atoms in total. The Bertz CT molecular complexity index is 776. The first kappa shape index (κ1) is 15.5. The third kappa shape index (κ3) is 2.89. The van der Waals surface area contributed by atoms with Gasteiger partial charge in [-0.3, -0.25) is 14.7 Å². The van der Waals surface area contributed by atoms with Crippen molar-refractivity contribution in [3.8, 4) is 0 Å². The van der Waals surface area contributed by atoms with Crippen LogP contribution in [-0.4, -0.2) is 53.7 Å². The maximum Gasteiger partial charge on any atom is 0.252 e. The molecule has 3 heterocycles. The molecule has 5 heteroatoms. The molecule has 0 saturated carbocycles. The van der Waals surface area contributed by atoms with Gasteiger partial charge in [-0.15, -0.1) is 0 Å². The standard InChI is InChI=1S/C19H23N3O2/c1-12-7-17(16-5-3-4-6-18(16)20-12)19(23)21-14-8-15-11-24-13(2)9-22(15)10-14/h3-7,13-15H,8-11H2,1-2H3,(H,21,23)/t13-,14+,15-/m0/s1. The molecule has 1 aromatic carbocycles. The van der Waals surface area contributed by atoms with Crippen molar-refractivity contribution in [1.29, 1.82) is 0 Å². The summed E-state index contributed by atoms with van der Waals surface area (Å²) in [4.78, 5) is 19.8. The Morgan fingerprint density at radius 1 is 1.33 bits per heavy atom. The van der Waals surface area contributed by atoms with Crippen molar-refractivity contribution in [1.82, 2.24) is 15.2 Å². The van der Waals surface area contributed by atoms with Gasteiger partial charge in [0.25, 0.3) is 5.91 Å². The summed E-state index contributed by atoms with van der Waals surface area (Å²) in [6, 6.07) is 10.3. The van der Waals surface area contributed by atoms with E-state index in [9.17, 15) is 4.79 Å². The molecule has 0 spiro atoms. The number of hydrogen-bond acceptors (Lipinski definition) is 4. The van der Waals surface area contributed by atoms with Crippen molar-refractivity contribution >= 4 is 16.8 Å². The predicted octanol–water partition coefficient (Wildman–Crippen LogP) is 2.13. The lowest BCUT2D eigenvalue weighted by Crippen LogP contribution is -2.45. The summed E-state index contributed by atoms with van der Waals surface area (Å²) >= 11 is 0. The van der Waals surface area contributed by atoms with Crippen molar-refractivity contribution < 1.29 is 9.53 Å². The summed E-state index contributed by atoms with van der Waals surface area (Å²) in [6.45, 7) is 6.66. The normalized spacial score (nSPS) is 27.2. The van der Waals surface area contributed by atoms with Crippen LogP contribution in [0.15, 0.2) is 30.3 Å². The van der Waals surface area contributed by atoms with E-state index in [1.807, 2.05) is 37.3 Å². The van der Waals surface area contributed by atoms with Crippen molar-refractivity contribution in [3.63, 3.8) is 0 Å². The molecule has 2 aliphatic heterocycles. The smallest absolute Gasteiger partial charge is 0.252 e. The largest absolute Gasteiger partial charge is 0.376 e. The van der Waals surface area contributed by atoms with Crippen LogP contribution in [0, 0.1) is 6.92 Å². The molecule has 1 N–H and O–H groups in total. The van der Waals surface area contributed by atoms with E-state index in [1.54, 1.807) is 0 Å². The molecule has 0 radical (unpaired) electrons. The van der Waals surface area contributed by atoms with Crippen molar-refractivity contribution in [2.45, 2.75) is 38.5 Å². The van der Waals surface area contributed by atoms with Crippen molar-refractivity contribution in [2.24, 2.45) is 0 Å². The summed E-state index contributed by atoms with van der Waals surface area (Å²) in [6.07, 6.45) is 1.24. The highest BCUT2D eigenvalue weighted by atomic mass is 16.5. The Balaban J connectivity index is 1.53. The SMILES string of the molecule is Cc1cc(C(=O)N[C@@H]2C[C@H]3CO[C@@H](C)CN3C2)c2ccccc2n1. The highest BCUT2D eigenvalue weighted by Crippen LogP contribution is 2.24. The van der Waals surface area contributed by atoms with Gasteiger partial charge < -0.3 is 10.1 Å². The number of aromatic nitrogens is 1. The fraction of sp³-hybridized carbons (Fsp3) is 0.474. The number of amides is 1. The molecule has 0 bridgehead atoms. The Morgan fingerprint density at radius 3 is 3.04 bits per heavy atom. The van der Waals surface area contributed by atoms with Crippen LogP contribution >= 0.6 is 0 Å². The van der Waals surface area contributed by atoms with E-state index in [0.717, 1.165) is 42.7 Å². The van der Waals surface area contributed by atoms with Crippen LogP contribution in [-0.2, 0) is 4.74 Å². The molecular weight excluding hydrogens is 302 g/mol. The van der Waals surface area contributed by atoms with Crippen molar-refractivity contribution in [3.05, 3.63) is 41.6 Å². The maximum absolute atomic E-state index is 12.8. The first-order chi connectivity index (χ1) is 11.6. The number of aryl methyl sites for hydroxylation is 1. The molecular formula is C19H23N3O2. The Morgan fingerprint density at radius 2 is 2.17 bits per heavy atom. The van der Waals surface area contributed by atoms with Crippen molar-refractivity contribution in [2.75, 3.05) is 19.7 Å². The van der Waals surface area contributed by atoms with Gasteiger partial charge >= 0.3 is 0 Å². The van der Waals surface area contributed by atoms with E-state index in [4.69, 9.17) is 4.74 Å². The summed E-state index contributed by atoms with van der Waals surface area (Å²) in [5, 5.41) is 4.13. The van der Waals surface area contributed by atoms with Crippen LogP contribution in [0.2, 0.25) is 0 Å². The molecule has 2 saturated heterocycles. The average molecular weight is 325 g/mol. The molecule has 1 amide bonds. The van der Waals surface area contributed by atoms with Gasteiger partial charge in [-0.25, -0.2) is 0 Å². The highest BCUT2D eigenvalue weighted by molar-refractivity contribution is 6.06. The second-order valence-electron chi connectivity index (χ2n) is 6.99. The highest BCUT2D eigenvalue weighted by Gasteiger charge is 2.36.